The number of hydrogen-bond acceptors (Lipinski definition) is 3. The number of ether oxygens (including phenoxy) is 1. The van der Waals surface area contributed by atoms with Crippen LogP contribution < -0.4 is 5.32 Å². The second-order valence-electron chi connectivity index (χ2n) is 3.28. The van der Waals surface area contributed by atoms with Crippen molar-refractivity contribution in [2.75, 3.05) is 13.2 Å². The number of carboxylic acids is 1. The number of carboxylic acid groups (broad SMARTS) is 1. The van der Waals surface area contributed by atoms with Gasteiger partial charge in [0, 0.05) is 6.42 Å². The zero-order valence-corrected chi connectivity index (χ0v) is 9.21. The second-order valence-corrected chi connectivity index (χ2v) is 3.28. The molecule has 0 aromatic heterocycles. The highest BCUT2D eigenvalue weighted by molar-refractivity contribution is 5.83. The summed E-state index contributed by atoms with van der Waals surface area (Å²) in [7, 11) is 0. The number of rotatable bonds is 7. The van der Waals surface area contributed by atoms with E-state index in [0.29, 0.717) is 0 Å². The molecule has 0 fully saturated rings. The number of carbonyl (C=O) groups is 2. The van der Waals surface area contributed by atoms with Gasteiger partial charge in [-0.3, -0.25) is 4.79 Å². The van der Waals surface area contributed by atoms with E-state index in [9.17, 15) is 22.8 Å². The lowest BCUT2D eigenvalue weighted by molar-refractivity contribution is -0.174. The summed E-state index contributed by atoms with van der Waals surface area (Å²) in [6, 6.07) is -1.02. The third-order valence-corrected chi connectivity index (χ3v) is 1.78. The highest BCUT2D eigenvalue weighted by Gasteiger charge is 2.27. The molecule has 5 nitrogen and oxygen atoms in total. The summed E-state index contributed by atoms with van der Waals surface area (Å²) >= 11 is 0. The standard InChI is InChI=1S/C9H14F3NO4/c1-2-6(8(15)16)13-7(14)3-4-17-5-9(10,11)12/h6H,2-5H2,1H3,(H,13,14)(H,15,16)/t6-/m0/s1. The molecule has 0 unspecified atom stereocenters. The highest BCUT2D eigenvalue weighted by Crippen LogP contribution is 2.14. The molecular weight excluding hydrogens is 243 g/mol. The molecular formula is C9H14F3NO4. The van der Waals surface area contributed by atoms with Crippen molar-refractivity contribution in [3.8, 4) is 0 Å². The summed E-state index contributed by atoms with van der Waals surface area (Å²) in [5.41, 5.74) is 0. The maximum absolute atomic E-state index is 11.6. The van der Waals surface area contributed by atoms with Gasteiger partial charge in [0.05, 0.1) is 6.61 Å². The van der Waals surface area contributed by atoms with E-state index in [-0.39, 0.29) is 12.8 Å². The SMILES string of the molecule is CC[C@H](NC(=O)CCOCC(F)(F)F)C(=O)O. The fourth-order valence-electron chi connectivity index (χ4n) is 0.958. The van der Waals surface area contributed by atoms with Crippen LogP contribution >= 0.6 is 0 Å². The van der Waals surface area contributed by atoms with Crippen molar-refractivity contribution in [3.63, 3.8) is 0 Å². The molecule has 100 valence electrons. The number of halogens is 3. The molecule has 0 radical (unpaired) electrons. The first kappa shape index (κ1) is 15.7. The molecule has 0 aliphatic heterocycles. The van der Waals surface area contributed by atoms with E-state index in [1.807, 2.05) is 0 Å². The van der Waals surface area contributed by atoms with Crippen LogP contribution in [0.5, 0.6) is 0 Å². The molecule has 8 heteroatoms. The van der Waals surface area contributed by atoms with Crippen molar-refractivity contribution in [1.29, 1.82) is 0 Å². The van der Waals surface area contributed by atoms with E-state index in [2.05, 4.69) is 10.1 Å². The number of carbonyl (C=O) groups excluding carboxylic acids is 1. The number of amides is 1. The Kier molecular flexibility index (Phi) is 6.55. The van der Waals surface area contributed by atoms with Gasteiger partial charge in [0.1, 0.15) is 12.6 Å². The van der Waals surface area contributed by atoms with Crippen molar-refractivity contribution >= 4 is 11.9 Å². The molecule has 0 heterocycles. The fraction of sp³-hybridized carbons (Fsp3) is 0.778. The molecule has 0 aliphatic carbocycles. The average molecular weight is 257 g/mol. The van der Waals surface area contributed by atoms with Crippen molar-refractivity contribution in [3.05, 3.63) is 0 Å². The van der Waals surface area contributed by atoms with Crippen LogP contribution in [0.2, 0.25) is 0 Å². The van der Waals surface area contributed by atoms with Crippen LogP contribution in [-0.4, -0.2) is 42.4 Å². The number of nitrogens with one attached hydrogen (secondary N) is 1. The number of hydrogen-bond donors (Lipinski definition) is 2. The average Bonchev–Trinajstić information content (AvgIpc) is 2.19. The topological polar surface area (TPSA) is 75.6 Å². The molecule has 0 aromatic carbocycles. The Hall–Kier alpha value is -1.31. The Morgan fingerprint density at radius 1 is 1.41 bits per heavy atom. The maximum atomic E-state index is 11.6. The van der Waals surface area contributed by atoms with E-state index < -0.39 is 37.3 Å². The van der Waals surface area contributed by atoms with Crippen molar-refractivity contribution in [2.45, 2.75) is 32.0 Å². The molecule has 0 bridgehead atoms. The minimum Gasteiger partial charge on any atom is -0.480 e. The van der Waals surface area contributed by atoms with Gasteiger partial charge in [-0.05, 0) is 6.42 Å². The summed E-state index contributed by atoms with van der Waals surface area (Å²) in [6.45, 7) is -0.253. The first-order chi connectivity index (χ1) is 7.76. The van der Waals surface area contributed by atoms with Crippen LogP contribution in [0.1, 0.15) is 19.8 Å². The van der Waals surface area contributed by atoms with E-state index in [1.165, 1.54) is 0 Å². The monoisotopic (exact) mass is 257 g/mol. The molecule has 0 aromatic rings. The van der Waals surface area contributed by atoms with Gasteiger partial charge in [-0.25, -0.2) is 4.79 Å². The van der Waals surface area contributed by atoms with E-state index in [0.717, 1.165) is 0 Å². The van der Waals surface area contributed by atoms with Gasteiger partial charge in [-0.2, -0.15) is 13.2 Å². The van der Waals surface area contributed by atoms with Crippen LogP contribution in [0.25, 0.3) is 0 Å². The lowest BCUT2D eigenvalue weighted by atomic mass is 10.2. The van der Waals surface area contributed by atoms with Gasteiger partial charge in [-0.1, -0.05) is 6.92 Å². The van der Waals surface area contributed by atoms with E-state index in [1.54, 1.807) is 6.92 Å². The molecule has 0 saturated carbocycles. The second kappa shape index (κ2) is 7.10. The first-order valence-electron chi connectivity index (χ1n) is 4.93. The normalized spacial score (nSPS) is 13.2. The molecule has 2 N–H and O–H groups in total. The lowest BCUT2D eigenvalue weighted by Gasteiger charge is -2.12. The summed E-state index contributed by atoms with van der Waals surface area (Å²) in [6.07, 6.45) is -4.53. The van der Waals surface area contributed by atoms with Crippen molar-refractivity contribution in [1.82, 2.24) is 5.32 Å². The Balaban J connectivity index is 3.77. The molecule has 1 atom stereocenters. The minimum absolute atomic E-state index is 0.199. The van der Waals surface area contributed by atoms with Crippen molar-refractivity contribution < 1.29 is 32.6 Å². The van der Waals surface area contributed by atoms with Crippen LogP contribution in [0.15, 0.2) is 0 Å². The minimum atomic E-state index is -4.43. The number of alkyl halides is 3. The van der Waals surface area contributed by atoms with Gasteiger partial charge in [0.15, 0.2) is 0 Å². The summed E-state index contributed by atoms with van der Waals surface area (Å²) in [5.74, 6) is -1.83. The predicted molar refractivity (Wildman–Crippen MR) is 51.3 cm³/mol. The summed E-state index contributed by atoms with van der Waals surface area (Å²) in [4.78, 5) is 21.6. The predicted octanol–water partition coefficient (Wildman–Crippen LogP) is 0.935. The number of aliphatic carboxylic acids is 1. The molecule has 0 spiro atoms. The Morgan fingerprint density at radius 2 is 2.00 bits per heavy atom. The third kappa shape index (κ3) is 8.49. The van der Waals surface area contributed by atoms with Gasteiger partial charge >= 0.3 is 12.1 Å². The molecule has 1 amide bonds. The van der Waals surface area contributed by atoms with Gasteiger partial charge in [-0.15, -0.1) is 0 Å². The molecule has 17 heavy (non-hydrogen) atoms. The smallest absolute Gasteiger partial charge is 0.411 e. The largest absolute Gasteiger partial charge is 0.480 e. The van der Waals surface area contributed by atoms with Gasteiger partial charge in [0.25, 0.3) is 0 Å². The van der Waals surface area contributed by atoms with Crippen LogP contribution in [0.4, 0.5) is 13.2 Å². The molecule has 0 rings (SSSR count). The van der Waals surface area contributed by atoms with Crippen molar-refractivity contribution in [2.24, 2.45) is 0 Å². The van der Waals surface area contributed by atoms with Crippen LogP contribution in [0, 0.1) is 0 Å². The third-order valence-electron chi connectivity index (χ3n) is 1.78. The van der Waals surface area contributed by atoms with Crippen LogP contribution in [0.3, 0.4) is 0 Å². The highest BCUT2D eigenvalue weighted by atomic mass is 19.4. The zero-order chi connectivity index (χ0) is 13.5. The quantitative estimate of drug-likeness (QED) is 0.665. The zero-order valence-electron chi connectivity index (χ0n) is 9.21. The van der Waals surface area contributed by atoms with Crippen LogP contribution in [-0.2, 0) is 14.3 Å². The van der Waals surface area contributed by atoms with E-state index in [4.69, 9.17) is 5.11 Å². The summed E-state index contributed by atoms with van der Waals surface area (Å²) in [5, 5.41) is 10.8. The first-order valence-corrected chi connectivity index (χ1v) is 4.93. The Labute approximate surface area is 95.9 Å². The Morgan fingerprint density at radius 3 is 2.41 bits per heavy atom. The summed E-state index contributed by atoms with van der Waals surface area (Å²) < 4.78 is 39.2. The Bertz CT molecular complexity index is 267. The molecule has 0 saturated heterocycles. The van der Waals surface area contributed by atoms with E-state index >= 15 is 0 Å². The van der Waals surface area contributed by atoms with Gasteiger partial charge < -0.3 is 15.2 Å². The lowest BCUT2D eigenvalue weighted by Crippen LogP contribution is -2.40. The molecule has 0 aliphatic rings. The van der Waals surface area contributed by atoms with Gasteiger partial charge in [0.2, 0.25) is 5.91 Å². The maximum Gasteiger partial charge on any atom is 0.411 e. The fourth-order valence-corrected chi connectivity index (χ4v) is 0.958.